The number of aromatic nitrogens is 1. The summed E-state index contributed by atoms with van der Waals surface area (Å²) in [6.07, 6.45) is 1.67. The maximum absolute atomic E-state index is 14.7. The van der Waals surface area contributed by atoms with E-state index in [4.69, 9.17) is 4.74 Å². The number of carbonyl (C=O) groups excluding carboxylic acids is 1. The Morgan fingerprint density at radius 2 is 1.91 bits per heavy atom. The van der Waals surface area contributed by atoms with Crippen molar-refractivity contribution in [1.82, 2.24) is 15.2 Å². The molecule has 1 N–H and O–H groups in total. The van der Waals surface area contributed by atoms with E-state index < -0.39 is 0 Å². The van der Waals surface area contributed by atoms with Crippen LogP contribution in [0.2, 0.25) is 0 Å². The summed E-state index contributed by atoms with van der Waals surface area (Å²) < 4.78 is 33.3. The van der Waals surface area contributed by atoms with Gasteiger partial charge in [-0.15, -0.1) is 0 Å². The van der Waals surface area contributed by atoms with E-state index >= 15 is 0 Å². The highest BCUT2D eigenvalue weighted by Crippen LogP contribution is 2.24. The SMILES string of the molecule is O=C(Cc1ccc(-c2ccc(CN3CCOCC3)cc2F)cn1)NCc1cccc(F)c1.[HH]. The second kappa shape index (κ2) is 10.4. The number of amides is 1. The van der Waals surface area contributed by atoms with E-state index in [2.05, 4.69) is 15.2 Å². The Kier molecular flexibility index (Phi) is 7.19. The predicted octanol–water partition coefficient (Wildman–Crippen LogP) is 3.96. The van der Waals surface area contributed by atoms with Gasteiger partial charge in [0.1, 0.15) is 11.6 Å². The van der Waals surface area contributed by atoms with Crippen molar-refractivity contribution >= 4 is 5.91 Å². The number of nitrogens with zero attached hydrogens (tertiary/aromatic N) is 2. The molecular formula is C25H27F2N3O2. The van der Waals surface area contributed by atoms with Gasteiger partial charge >= 0.3 is 0 Å². The Balaban J connectivity index is 0.00000306. The number of benzene rings is 2. The number of halogens is 2. The molecule has 2 aromatic carbocycles. The Morgan fingerprint density at radius 3 is 2.62 bits per heavy atom. The summed E-state index contributed by atoms with van der Waals surface area (Å²) in [5, 5.41) is 2.75. The summed E-state index contributed by atoms with van der Waals surface area (Å²) in [6, 6.07) is 14.8. The molecule has 0 radical (unpaired) electrons. The molecule has 32 heavy (non-hydrogen) atoms. The second-order valence-electron chi connectivity index (χ2n) is 7.82. The van der Waals surface area contributed by atoms with Crippen molar-refractivity contribution < 1.29 is 19.7 Å². The monoisotopic (exact) mass is 439 g/mol. The zero-order chi connectivity index (χ0) is 22.3. The molecule has 1 fully saturated rings. The van der Waals surface area contributed by atoms with Crippen molar-refractivity contribution in [3.8, 4) is 11.1 Å². The van der Waals surface area contributed by atoms with Crippen molar-refractivity contribution in [2.75, 3.05) is 26.3 Å². The zero-order valence-electron chi connectivity index (χ0n) is 17.7. The minimum Gasteiger partial charge on any atom is -0.379 e. The van der Waals surface area contributed by atoms with Gasteiger partial charge in [0.15, 0.2) is 0 Å². The number of morpholine rings is 1. The number of carbonyl (C=O) groups is 1. The number of hydrogen-bond acceptors (Lipinski definition) is 4. The second-order valence-corrected chi connectivity index (χ2v) is 7.82. The van der Waals surface area contributed by atoms with Gasteiger partial charge in [-0.05, 0) is 35.4 Å². The summed E-state index contributed by atoms with van der Waals surface area (Å²) in [7, 11) is 0. The van der Waals surface area contributed by atoms with Gasteiger partial charge in [0.25, 0.3) is 0 Å². The van der Waals surface area contributed by atoms with Crippen molar-refractivity contribution in [1.29, 1.82) is 0 Å². The van der Waals surface area contributed by atoms with Gasteiger partial charge in [-0.3, -0.25) is 14.7 Å². The van der Waals surface area contributed by atoms with E-state index in [0.717, 1.165) is 18.7 Å². The fourth-order valence-electron chi connectivity index (χ4n) is 3.67. The highest BCUT2D eigenvalue weighted by molar-refractivity contribution is 5.78. The lowest BCUT2D eigenvalue weighted by molar-refractivity contribution is -0.120. The molecule has 3 aromatic rings. The molecule has 2 heterocycles. The van der Waals surface area contributed by atoms with Crippen LogP contribution in [0.25, 0.3) is 11.1 Å². The van der Waals surface area contributed by atoms with Crippen LogP contribution in [0.15, 0.2) is 60.8 Å². The highest BCUT2D eigenvalue weighted by atomic mass is 19.1. The smallest absolute Gasteiger partial charge is 0.226 e. The third kappa shape index (κ3) is 5.96. The van der Waals surface area contributed by atoms with E-state index in [9.17, 15) is 13.6 Å². The minimum atomic E-state index is -0.338. The van der Waals surface area contributed by atoms with Gasteiger partial charge < -0.3 is 10.1 Å². The number of nitrogens with one attached hydrogen (secondary N) is 1. The Morgan fingerprint density at radius 1 is 1.06 bits per heavy atom. The molecule has 0 spiro atoms. The first-order valence-corrected chi connectivity index (χ1v) is 10.6. The topological polar surface area (TPSA) is 54.5 Å². The Hall–Kier alpha value is -3.16. The lowest BCUT2D eigenvalue weighted by Gasteiger charge is -2.26. The molecule has 4 rings (SSSR count). The molecule has 1 aromatic heterocycles. The fraction of sp³-hybridized carbons (Fsp3) is 0.280. The van der Waals surface area contributed by atoms with Gasteiger partial charge in [-0.2, -0.15) is 0 Å². The normalized spacial score (nSPS) is 14.3. The summed E-state index contributed by atoms with van der Waals surface area (Å²) in [6.45, 7) is 4.07. The highest BCUT2D eigenvalue weighted by Gasteiger charge is 2.13. The first-order chi connectivity index (χ1) is 15.6. The third-order valence-corrected chi connectivity index (χ3v) is 5.40. The molecule has 168 valence electrons. The summed E-state index contributed by atoms with van der Waals surface area (Å²) in [4.78, 5) is 18.7. The number of hydrogen-bond donors (Lipinski definition) is 1. The van der Waals surface area contributed by atoms with Crippen LogP contribution in [0.1, 0.15) is 18.2 Å². The molecule has 1 saturated heterocycles. The van der Waals surface area contributed by atoms with Crippen LogP contribution in [0.5, 0.6) is 0 Å². The van der Waals surface area contributed by atoms with Crippen LogP contribution < -0.4 is 5.32 Å². The standard InChI is InChI=1S/C25H25F2N3O2.H2/c26-21-3-1-2-18(12-21)15-29-25(31)14-22-6-5-20(16-28-22)23-7-4-19(13-24(23)27)17-30-8-10-32-11-9-30;/h1-7,12-13,16H,8-11,14-15,17H2,(H,29,31);1H. The summed E-state index contributed by atoms with van der Waals surface area (Å²) in [5.41, 5.74) is 3.33. The van der Waals surface area contributed by atoms with Gasteiger partial charge in [0.2, 0.25) is 5.91 Å². The average Bonchev–Trinajstić information content (AvgIpc) is 2.79. The summed E-state index contributed by atoms with van der Waals surface area (Å²) >= 11 is 0. The molecule has 7 heteroatoms. The third-order valence-electron chi connectivity index (χ3n) is 5.40. The van der Waals surface area contributed by atoms with Crippen molar-refractivity contribution in [3.05, 3.63) is 89.2 Å². The quantitative estimate of drug-likeness (QED) is 0.606. The zero-order valence-corrected chi connectivity index (χ0v) is 17.7. The lowest BCUT2D eigenvalue weighted by Crippen LogP contribution is -2.35. The van der Waals surface area contributed by atoms with Crippen LogP contribution in [0, 0.1) is 11.6 Å². The Labute approximate surface area is 187 Å². The van der Waals surface area contributed by atoms with E-state index in [-0.39, 0.29) is 31.9 Å². The van der Waals surface area contributed by atoms with E-state index in [1.807, 2.05) is 6.07 Å². The van der Waals surface area contributed by atoms with Crippen molar-refractivity contribution in [2.45, 2.75) is 19.5 Å². The Bertz CT molecular complexity index is 1070. The van der Waals surface area contributed by atoms with E-state index in [1.54, 1.807) is 42.6 Å². The van der Waals surface area contributed by atoms with Gasteiger partial charge in [0.05, 0.1) is 19.6 Å². The van der Waals surface area contributed by atoms with Gasteiger partial charge in [0, 0.05) is 50.6 Å². The molecule has 0 bridgehead atoms. The molecule has 0 atom stereocenters. The number of ether oxygens (including phenoxy) is 1. The van der Waals surface area contributed by atoms with Crippen LogP contribution in [0.4, 0.5) is 8.78 Å². The lowest BCUT2D eigenvalue weighted by atomic mass is 10.0. The van der Waals surface area contributed by atoms with Crippen LogP contribution in [0.3, 0.4) is 0 Å². The predicted molar refractivity (Wildman–Crippen MR) is 120 cm³/mol. The summed E-state index contributed by atoms with van der Waals surface area (Å²) in [5.74, 6) is -0.846. The van der Waals surface area contributed by atoms with Crippen LogP contribution in [-0.4, -0.2) is 42.1 Å². The van der Waals surface area contributed by atoms with Crippen LogP contribution >= 0.6 is 0 Å². The molecule has 0 unspecified atom stereocenters. The molecular weight excluding hydrogens is 412 g/mol. The average molecular weight is 440 g/mol. The molecule has 1 amide bonds. The maximum atomic E-state index is 14.7. The molecule has 5 nitrogen and oxygen atoms in total. The van der Waals surface area contributed by atoms with Crippen molar-refractivity contribution in [3.63, 3.8) is 0 Å². The molecule has 1 aliphatic heterocycles. The number of rotatable bonds is 7. The first-order valence-electron chi connectivity index (χ1n) is 10.6. The van der Waals surface area contributed by atoms with E-state index in [0.29, 0.717) is 42.1 Å². The molecule has 1 aliphatic rings. The molecule has 0 saturated carbocycles. The first kappa shape index (κ1) is 22.0. The maximum Gasteiger partial charge on any atom is 0.226 e. The minimum absolute atomic E-state index is 0. The largest absolute Gasteiger partial charge is 0.379 e. The van der Waals surface area contributed by atoms with Crippen LogP contribution in [-0.2, 0) is 29.0 Å². The molecule has 0 aliphatic carbocycles. The fourth-order valence-corrected chi connectivity index (χ4v) is 3.67. The van der Waals surface area contributed by atoms with Gasteiger partial charge in [-0.25, -0.2) is 8.78 Å². The van der Waals surface area contributed by atoms with Crippen molar-refractivity contribution in [2.24, 2.45) is 0 Å². The number of pyridine rings is 1. The van der Waals surface area contributed by atoms with E-state index in [1.165, 1.54) is 12.1 Å². The van der Waals surface area contributed by atoms with Gasteiger partial charge in [-0.1, -0.05) is 30.3 Å².